The van der Waals surface area contributed by atoms with Gasteiger partial charge in [-0.2, -0.15) is 0 Å². The third-order valence-corrected chi connectivity index (χ3v) is 5.75. The molecule has 0 radical (unpaired) electrons. The first-order valence-electron chi connectivity index (χ1n) is 10.1. The predicted octanol–water partition coefficient (Wildman–Crippen LogP) is 6.62. The quantitative estimate of drug-likeness (QED) is 0.534. The number of alkyl halides is 2. The molecule has 0 spiro atoms. The van der Waals surface area contributed by atoms with E-state index in [2.05, 4.69) is 5.32 Å². The molecule has 0 aliphatic heterocycles. The van der Waals surface area contributed by atoms with Crippen LogP contribution in [0.1, 0.15) is 69.2 Å². The van der Waals surface area contributed by atoms with Crippen molar-refractivity contribution in [3.05, 3.63) is 47.5 Å². The Morgan fingerprint density at radius 1 is 1.07 bits per heavy atom. The number of halogens is 4. The molecule has 1 amide bonds. The van der Waals surface area contributed by atoms with Crippen LogP contribution in [-0.4, -0.2) is 17.4 Å². The summed E-state index contributed by atoms with van der Waals surface area (Å²) in [6.45, 7) is 2.54. The van der Waals surface area contributed by atoms with Gasteiger partial charge in [0.25, 0.3) is 5.91 Å². The maximum Gasteiger partial charge on any atom is 0.251 e. The van der Waals surface area contributed by atoms with Crippen molar-refractivity contribution in [3.63, 3.8) is 0 Å². The van der Waals surface area contributed by atoms with Crippen molar-refractivity contribution in [1.29, 1.82) is 0 Å². The Kier molecular flexibility index (Phi) is 6.20. The summed E-state index contributed by atoms with van der Waals surface area (Å²) in [5.41, 5.74) is -0.821. The number of hydrogen-bond donors (Lipinski definition) is 1. The summed E-state index contributed by atoms with van der Waals surface area (Å²) in [7, 11) is 0. The Morgan fingerprint density at radius 3 is 2.41 bits per heavy atom. The lowest BCUT2D eigenvalue weighted by atomic mass is 9.77. The zero-order valence-corrected chi connectivity index (χ0v) is 16.8. The number of nitrogens with one attached hydrogen (secondary N) is 1. The van der Waals surface area contributed by atoms with E-state index in [1.54, 1.807) is 6.92 Å². The van der Waals surface area contributed by atoms with Crippen molar-refractivity contribution in [2.24, 2.45) is 5.92 Å². The minimum atomic E-state index is -2.92. The summed E-state index contributed by atoms with van der Waals surface area (Å²) in [5, 5.41) is 3.27. The van der Waals surface area contributed by atoms with E-state index in [0.717, 1.165) is 45.1 Å². The topological polar surface area (TPSA) is 29.1 Å². The lowest BCUT2D eigenvalue weighted by Crippen LogP contribution is -2.50. The molecule has 2 nitrogen and oxygen atoms in total. The highest BCUT2D eigenvalue weighted by atomic mass is 19.3. The van der Waals surface area contributed by atoms with Gasteiger partial charge in [0.05, 0.1) is 0 Å². The first-order chi connectivity index (χ1) is 13.6. The van der Waals surface area contributed by atoms with Crippen LogP contribution in [0.15, 0.2) is 30.3 Å². The molecule has 1 atom stereocenters. The van der Waals surface area contributed by atoms with Gasteiger partial charge in [-0.15, -0.1) is 0 Å². The standard InChI is InChI=1S/C23H27F4NO/c1-22(14-23(2,26)27,13-15-6-4-3-5-7-15)28-21(29)17-8-10-18-16(12-17)9-11-19(24)20(18)25/h8-12,15H,3-7,13-14H2,1-2H3,(H,28,29). The van der Waals surface area contributed by atoms with Gasteiger partial charge < -0.3 is 5.32 Å². The molecule has 1 aliphatic carbocycles. The molecule has 2 aromatic rings. The SMILES string of the molecule is CC(F)(F)CC(C)(CC1CCCCC1)NC(=O)c1ccc2c(F)c(F)ccc2c1. The van der Waals surface area contributed by atoms with Gasteiger partial charge in [-0.25, -0.2) is 17.6 Å². The fraction of sp³-hybridized carbons (Fsp3) is 0.522. The lowest BCUT2D eigenvalue weighted by Gasteiger charge is -2.37. The number of benzene rings is 2. The van der Waals surface area contributed by atoms with Crippen LogP contribution in [0, 0.1) is 17.6 Å². The van der Waals surface area contributed by atoms with Gasteiger partial charge in [0.15, 0.2) is 11.6 Å². The average molecular weight is 409 g/mol. The summed E-state index contributed by atoms with van der Waals surface area (Å²) in [5.74, 6) is -5.02. The minimum absolute atomic E-state index is 0.0756. The molecule has 0 bridgehead atoms. The lowest BCUT2D eigenvalue weighted by molar-refractivity contribution is -0.0172. The number of fused-ring (bicyclic) bond motifs is 1. The van der Waals surface area contributed by atoms with E-state index in [1.165, 1.54) is 24.3 Å². The van der Waals surface area contributed by atoms with Gasteiger partial charge >= 0.3 is 0 Å². The van der Waals surface area contributed by atoms with E-state index in [0.29, 0.717) is 17.7 Å². The monoisotopic (exact) mass is 409 g/mol. The van der Waals surface area contributed by atoms with Gasteiger partial charge in [-0.1, -0.05) is 44.2 Å². The zero-order chi connectivity index (χ0) is 21.2. The van der Waals surface area contributed by atoms with Crippen LogP contribution in [0.5, 0.6) is 0 Å². The van der Waals surface area contributed by atoms with Gasteiger partial charge in [0.2, 0.25) is 5.92 Å². The maximum atomic E-state index is 13.9. The molecule has 0 heterocycles. The van der Waals surface area contributed by atoms with Crippen molar-refractivity contribution in [3.8, 4) is 0 Å². The summed E-state index contributed by atoms with van der Waals surface area (Å²) in [4.78, 5) is 12.9. The molecule has 29 heavy (non-hydrogen) atoms. The van der Waals surface area contributed by atoms with Crippen LogP contribution < -0.4 is 5.32 Å². The van der Waals surface area contributed by atoms with E-state index in [4.69, 9.17) is 0 Å². The Morgan fingerprint density at radius 2 is 1.76 bits per heavy atom. The van der Waals surface area contributed by atoms with Crippen LogP contribution in [0.2, 0.25) is 0 Å². The molecular formula is C23H27F4NO. The number of rotatable bonds is 6. The smallest absolute Gasteiger partial charge is 0.251 e. The number of hydrogen-bond acceptors (Lipinski definition) is 1. The minimum Gasteiger partial charge on any atom is -0.347 e. The Hall–Kier alpha value is -2.11. The molecule has 1 fully saturated rings. The molecular weight excluding hydrogens is 382 g/mol. The highest BCUT2D eigenvalue weighted by molar-refractivity contribution is 5.99. The Labute approximate surface area is 168 Å². The highest BCUT2D eigenvalue weighted by Crippen LogP contribution is 2.36. The molecule has 158 valence electrons. The maximum absolute atomic E-state index is 13.9. The summed E-state index contributed by atoms with van der Waals surface area (Å²) < 4.78 is 55.0. The second-order valence-corrected chi connectivity index (χ2v) is 8.77. The van der Waals surface area contributed by atoms with Crippen molar-refractivity contribution in [2.75, 3.05) is 0 Å². The first kappa shape index (κ1) is 21.6. The van der Waals surface area contributed by atoms with Crippen LogP contribution in [-0.2, 0) is 0 Å². The predicted molar refractivity (Wildman–Crippen MR) is 106 cm³/mol. The number of amides is 1. The molecule has 3 rings (SSSR count). The highest BCUT2D eigenvalue weighted by Gasteiger charge is 2.38. The Balaban J connectivity index is 1.83. The van der Waals surface area contributed by atoms with E-state index >= 15 is 0 Å². The molecule has 1 saturated carbocycles. The number of carbonyl (C=O) groups excluding carboxylic acids is 1. The molecule has 1 N–H and O–H groups in total. The molecule has 2 aromatic carbocycles. The third-order valence-electron chi connectivity index (χ3n) is 5.75. The average Bonchev–Trinajstić information content (AvgIpc) is 2.63. The van der Waals surface area contributed by atoms with Crippen molar-refractivity contribution in [1.82, 2.24) is 5.32 Å². The van der Waals surface area contributed by atoms with E-state index in [9.17, 15) is 22.4 Å². The van der Waals surface area contributed by atoms with Gasteiger partial charge in [0, 0.05) is 22.9 Å². The molecule has 0 aromatic heterocycles. The summed E-state index contributed by atoms with van der Waals surface area (Å²) in [6.07, 6.45) is 5.36. The van der Waals surface area contributed by atoms with Gasteiger partial charge in [-0.05, 0) is 49.8 Å². The van der Waals surface area contributed by atoms with E-state index in [1.807, 2.05) is 0 Å². The van der Waals surface area contributed by atoms with Gasteiger partial charge in [0.1, 0.15) is 0 Å². The molecule has 6 heteroatoms. The van der Waals surface area contributed by atoms with Crippen molar-refractivity contribution in [2.45, 2.75) is 70.3 Å². The first-order valence-corrected chi connectivity index (χ1v) is 10.1. The van der Waals surface area contributed by atoms with E-state index in [-0.39, 0.29) is 10.9 Å². The summed E-state index contributed by atoms with van der Waals surface area (Å²) >= 11 is 0. The fourth-order valence-electron chi connectivity index (χ4n) is 4.63. The van der Waals surface area contributed by atoms with Gasteiger partial charge in [-0.3, -0.25) is 4.79 Å². The third kappa shape index (κ3) is 5.49. The van der Waals surface area contributed by atoms with Crippen molar-refractivity contribution >= 4 is 16.7 Å². The summed E-state index contributed by atoms with van der Waals surface area (Å²) in [6, 6.07) is 6.59. The normalized spacial score (nSPS) is 17.9. The number of carbonyl (C=O) groups is 1. The van der Waals surface area contributed by atoms with Crippen LogP contribution >= 0.6 is 0 Å². The van der Waals surface area contributed by atoms with Crippen molar-refractivity contribution < 1.29 is 22.4 Å². The van der Waals surface area contributed by atoms with Crippen LogP contribution in [0.3, 0.4) is 0 Å². The fourth-order valence-corrected chi connectivity index (χ4v) is 4.63. The molecule has 1 unspecified atom stereocenters. The molecule has 0 saturated heterocycles. The van der Waals surface area contributed by atoms with E-state index < -0.39 is 35.4 Å². The van der Waals surface area contributed by atoms with Crippen LogP contribution in [0.4, 0.5) is 17.6 Å². The second-order valence-electron chi connectivity index (χ2n) is 8.77. The van der Waals surface area contributed by atoms with Crippen LogP contribution in [0.25, 0.3) is 10.8 Å². The largest absolute Gasteiger partial charge is 0.347 e. The molecule has 1 aliphatic rings. The zero-order valence-electron chi connectivity index (χ0n) is 16.8. The Bertz CT molecular complexity index is 886. The second kappa shape index (κ2) is 8.33.